The van der Waals surface area contributed by atoms with E-state index in [1.165, 1.54) is 10.8 Å². The molecule has 1 atom stereocenters. The lowest BCUT2D eigenvalue weighted by atomic mass is 10.1. The van der Waals surface area contributed by atoms with Crippen LogP contribution in [-0.4, -0.2) is 25.8 Å². The molecule has 86 valence electrons. The van der Waals surface area contributed by atoms with E-state index in [0.717, 1.165) is 5.56 Å². The van der Waals surface area contributed by atoms with Gasteiger partial charge in [0, 0.05) is 12.7 Å². The van der Waals surface area contributed by atoms with Crippen molar-refractivity contribution in [2.45, 2.75) is 6.23 Å². The smallest absolute Gasteiger partial charge is 0.218 e. The molecule has 0 bridgehead atoms. The van der Waals surface area contributed by atoms with Crippen LogP contribution in [0.1, 0.15) is 5.56 Å². The summed E-state index contributed by atoms with van der Waals surface area (Å²) in [5.41, 5.74) is 1.00. The summed E-state index contributed by atoms with van der Waals surface area (Å²) in [7, 11) is 1.64. The maximum Gasteiger partial charge on any atom is 0.218 e. The molecule has 0 amide bonds. The minimum absolute atomic E-state index is 0.170. The van der Waals surface area contributed by atoms with Crippen LogP contribution in [0.4, 0.5) is 0 Å². The number of hydrogen-bond donors (Lipinski definition) is 0. The molecule has 17 heavy (non-hydrogen) atoms. The highest BCUT2D eigenvalue weighted by Crippen LogP contribution is 2.19. The lowest BCUT2D eigenvalue weighted by Crippen LogP contribution is -2.07. The third-order valence-corrected chi connectivity index (χ3v) is 2.89. The second-order valence-corrected chi connectivity index (χ2v) is 4.00. The van der Waals surface area contributed by atoms with E-state index < -0.39 is 0 Å². The minimum atomic E-state index is -0.170. The standard InChI is InChI=1S/C14H13NO2/c1-16-13-9-17-14(15-13)12-7-6-10-4-2-3-5-11(10)8-12/h2-8,13H,9H2,1H3. The Morgan fingerprint density at radius 1 is 1.18 bits per heavy atom. The van der Waals surface area contributed by atoms with Gasteiger partial charge in [-0.05, 0) is 22.9 Å². The number of aliphatic imine (C=N–C) groups is 1. The Balaban J connectivity index is 2.01. The summed E-state index contributed by atoms with van der Waals surface area (Å²) < 4.78 is 10.7. The third-order valence-electron chi connectivity index (χ3n) is 2.89. The first-order chi connectivity index (χ1) is 8.36. The molecule has 0 radical (unpaired) electrons. The lowest BCUT2D eigenvalue weighted by Gasteiger charge is -2.03. The van der Waals surface area contributed by atoms with Gasteiger partial charge >= 0.3 is 0 Å². The Kier molecular flexibility index (Phi) is 2.53. The second-order valence-electron chi connectivity index (χ2n) is 4.00. The number of benzene rings is 2. The molecule has 0 saturated heterocycles. The highest BCUT2D eigenvalue weighted by Gasteiger charge is 2.19. The molecule has 1 aliphatic rings. The highest BCUT2D eigenvalue weighted by atomic mass is 16.6. The van der Waals surface area contributed by atoms with Crippen LogP contribution in [-0.2, 0) is 9.47 Å². The normalized spacial score (nSPS) is 19.1. The highest BCUT2D eigenvalue weighted by molar-refractivity contribution is 5.99. The summed E-state index contributed by atoms with van der Waals surface area (Å²) in [4.78, 5) is 4.36. The van der Waals surface area contributed by atoms with E-state index in [9.17, 15) is 0 Å². The molecule has 1 unspecified atom stereocenters. The molecule has 0 N–H and O–H groups in total. The number of hydrogen-bond acceptors (Lipinski definition) is 3. The van der Waals surface area contributed by atoms with Crippen LogP contribution in [0.15, 0.2) is 47.5 Å². The predicted octanol–water partition coefficient (Wildman–Crippen LogP) is 2.59. The SMILES string of the molecule is COC1COC(c2ccc3ccccc3c2)=N1. The van der Waals surface area contributed by atoms with Gasteiger partial charge in [0.25, 0.3) is 0 Å². The monoisotopic (exact) mass is 227 g/mol. The van der Waals surface area contributed by atoms with Crippen LogP contribution < -0.4 is 0 Å². The van der Waals surface area contributed by atoms with Crippen molar-refractivity contribution in [3.8, 4) is 0 Å². The Morgan fingerprint density at radius 2 is 2.00 bits per heavy atom. The van der Waals surface area contributed by atoms with Gasteiger partial charge in [0.05, 0.1) is 0 Å². The summed E-state index contributed by atoms with van der Waals surface area (Å²) in [6.45, 7) is 0.499. The van der Waals surface area contributed by atoms with E-state index in [-0.39, 0.29) is 6.23 Å². The fourth-order valence-corrected chi connectivity index (χ4v) is 1.96. The average molecular weight is 227 g/mol. The first-order valence-electron chi connectivity index (χ1n) is 5.59. The molecule has 2 aromatic rings. The molecule has 0 saturated carbocycles. The van der Waals surface area contributed by atoms with Gasteiger partial charge in [-0.15, -0.1) is 0 Å². The molecule has 0 fully saturated rings. The van der Waals surface area contributed by atoms with Crippen molar-refractivity contribution < 1.29 is 9.47 Å². The van der Waals surface area contributed by atoms with Gasteiger partial charge in [-0.1, -0.05) is 30.3 Å². The summed E-state index contributed by atoms with van der Waals surface area (Å²) >= 11 is 0. The number of methoxy groups -OCH3 is 1. The average Bonchev–Trinajstić information content (AvgIpc) is 2.87. The van der Waals surface area contributed by atoms with E-state index in [2.05, 4.69) is 29.3 Å². The van der Waals surface area contributed by atoms with Crippen LogP contribution in [0.2, 0.25) is 0 Å². The quantitative estimate of drug-likeness (QED) is 0.789. The lowest BCUT2D eigenvalue weighted by molar-refractivity contribution is 0.0833. The molecule has 1 heterocycles. The molecule has 0 aliphatic carbocycles. The van der Waals surface area contributed by atoms with Crippen molar-refractivity contribution >= 4 is 16.7 Å². The first kappa shape index (κ1) is 10.3. The van der Waals surface area contributed by atoms with Crippen LogP contribution >= 0.6 is 0 Å². The Morgan fingerprint density at radius 3 is 2.76 bits per heavy atom. The summed E-state index contributed by atoms with van der Waals surface area (Å²) in [6.07, 6.45) is -0.170. The molecular weight excluding hydrogens is 214 g/mol. The van der Waals surface area contributed by atoms with E-state index >= 15 is 0 Å². The van der Waals surface area contributed by atoms with Gasteiger partial charge in [-0.3, -0.25) is 0 Å². The fraction of sp³-hybridized carbons (Fsp3) is 0.214. The van der Waals surface area contributed by atoms with E-state index in [4.69, 9.17) is 9.47 Å². The van der Waals surface area contributed by atoms with Crippen LogP contribution in [0.5, 0.6) is 0 Å². The Hall–Kier alpha value is -1.87. The van der Waals surface area contributed by atoms with Crippen LogP contribution in [0.25, 0.3) is 10.8 Å². The summed E-state index contributed by atoms with van der Waals surface area (Å²) in [5, 5.41) is 2.41. The largest absolute Gasteiger partial charge is 0.473 e. The van der Waals surface area contributed by atoms with Crippen molar-refractivity contribution in [2.24, 2.45) is 4.99 Å². The maximum absolute atomic E-state index is 5.52. The molecule has 1 aliphatic heterocycles. The van der Waals surface area contributed by atoms with Gasteiger partial charge in [0.2, 0.25) is 5.90 Å². The van der Waals surface area contributed by atoms with E-state index in [0.29, 0.717) is 12.5 Å². The fourth-order valence-electron chi connectivity index (χ4n) is 1.96. The topological polar surface area (TPSA) is 30.8 Å². The number of fused-ring (bicyclic) bond motifs is 1. The van der Waals surface area contributed by atoms with E-state index in [1.807, 2.05) is 18.2 Å². The molecule has 3 nitrogen and oxygen atoms in total. The maximum atomic E-state index is 5.52. The Labute approximate surface area is 99.7 Å². The zero-order valence-corrected chi connectivity index (χ0v) is 9.59. The van der Waals surface area contributed by atoms with Gasteiger partial charge < -0.3 is 9.47 Å². The number of nitrogens with zero attached hydrogens (tertiary/aromatic N) is 1. The molecule has 0 aromatic heterocycles. The predicted molar refractivity (Wildman–Crippen MR) is 67.2 cm³/mol. The molecule has 3 rings (SSSR count). The van der Waals surface area contributed by atoms with Crippen LogP contribution in [0, 0.1) is 0 Å². The Bertz CT molecular complexity index is 577. The van der Waals surface area contributed by atoms with Gasteiger partial charge in [0.1, 0.15) is 6.61 Å². The third kappa shape index (κ3) is 1.89. The first-order valence-corrected chi connectivity index (χ1v) is 5.59. The van der Waals surface area contributed by atoms with Crippen molar-refractivity contribution in [3.05, 3.63) is 48.0 Å². The zero-order valence-electron chi connectivity index (χ0n) is 9.59. The van der Waals surface area contributed by atoms with Crippen molar-refractivity contribution in [3.63, 3.8) is 0 Å². The van der Waals surface area contributed by atoms with Crippen molar-refractivity contribution in [1.29, 1.82) is 0 Å². The van der Waals surface area contributed by atoms with Crippen molar-refractivity contribution in [2.75, 3.05) is 13.7 Å². The summed E-state index contributed by atoms with van der Waals surface area (Å²) in [6, 6.07) is 14.4. The van der Waals surface area contributed by atoms with Crippen LogP contribution in [0.3, 0.4) is 0 Å². The van der Waals surface area contributed by atoms with Gasteiger partial charge in [-0.2, -0.15) is 0 Å². The minimum Gasteiger partial charge on any atom is -0.473 e. The zero-order chi connectivity index (χ0) is 11.7. The second kappa shape index (κ2) is 4.18. The van der Waals surface area contributed by atoms with Gasteiger partial charge in [-0.25, -0.2) is 4.99 Å². The molecule has 0 spiro atoms. The van der Waals surface area contributed by atoms with Crippen molar-refractivity contribution in [1.82, 2.24) is 0 Å². The molecule has 2 aromatic carbocycles. The molecular formula is C14H13NO2. The van der Waals surface area contributed by atoms with Gasteiger partial charge in [0.15, 0.2) is 6.23 Å². The number of ether oxygens (including phenoxy) is 2. The molecule has 3 heteroatoms. The number of rotatable bonds is 2. The summed E-state index contributed by atoms with van der Waals surface area (Å²) in [5.74, 6) is 0.669. The van der Waals surface area contributed by atoms with E-state index in [1.54, 1.807) is 7.11 Å².